The largest absolute Gasteiger partial charge is 0.573 e. The molecule has 0 aliphatic rings. The standard InChI is InChI=1S/C7H7F3N2O/c1-4-5(13-7(8,9)10)2-3-12-6(4)11/h2-3H,1H3,(H2,11,12). The number of alkyl halides is 3. The molecule has 6 heteroatoms. The number of pyridine rings is 1. The van der Waals surface area contributed by atoms with Crippen LogP contribution >= 0.6 is 0 Å². The van der Waals surface area contributed by atoms with E-state index in [1.165, 1.54) is 6.92 Å². The average Bonchev–Trinajstić information content (AvgIpc) is 1.96. The maximum absolute atomic E-state index is 11.8. The molecule has 0 unspecified atom stereocenters. The minimum Gasteiger partial charge on any atom is -0.405 e. The lowest BCUT2D eigenvalue weighted by atomic mass is 10.2. The van der Waals surface area contributed by atoms with E-state index >= 15 is 0 Å². The molecule has 0 atom stereocenters. The first-order valence-corrected chi connectivity index (χ1v) is 3.37. The fourth-order valence-corrected chi connectivity index (χ4v) is 0.769. The number of hydrogen-bond acceptors (Lipinski definition) is 3. The first-order valence-electron chi connectivity index (χ1n) is 3.37. The Morgan fingerprint density at radius 1 is 1.46 bits per heavy atom. The third-order valence-corrected chi connectivity index (χ3v) is 1.42. The summed E-state index contributed by atoms with van der Waals surface area (Å²) in [6.07, 6.45) is -3.54. The minimum absolute atomic E-state index is 0.0294. The van der Waals surface area contributed by atoms with Gasteiger partial charge in [0.2, 0.25) is 0 Å². The van der Waals surface area contributed by atoms with Gasteiger partial charge in [-0.15, -0.1) is 13.2 Å². The Balaban J connectivity index is 2.96. The van der Waals surface area contributed by atoms with Gasteiger partial charge in [-0.3, -0.25) is 0 Å². The fraction of sp³-hybridized carbons (Fsp3) is 0.286. The number of hydrogen-bond donors (Lipinski definition) is 1. The van der Waals surface area contributed by atoms with E-state index in [0.29, 0.717) is 0 Å². The van der Waals surface area contributed by atoms with Crippen LogP contribution in [-0.2, 0) is 0 Å². The van der Waals surface area contributed by atoms with Gasteiger partial charge < -0.3 is 10.5 Å². The third kappa shape index (κ3) is 2.50. The summed E-state index contributed by atoms with van der Waals surface area (Å²) >= 11 is 0. The van der Waals surface area contributed by atoms with Crippen LogP contribution < -0.4 is 10.5 Å². The van der Waals surface area contributed by atoms with Gasteiger partial charge in [-0.25, -0.2) is 4.98 Å². The van der Waals surface area contributed by atoms with Crippen LogP contribution in [0.2, 0.25) is 0 Å². The van der Waals surface area contributed by atoms with Crippen molar-refractivity contribution < 1.29 is 17.9 Å². The Labute approximate surface area is 72.3 Å². The van der Waals surface area contributed by atoms with Crippen LogP contribution in [0.5, 0.6) is 5.75 Å². The molecular weight excluding hydrogens is 185 g/mol. The molecule has 2 N–H and O–H groups in total. The molecular formula is C7H7F3N2O. The van der Waals surface area contributed by atoms with Crippen molar-refractivity contribution in [3.05, 3.63) is 17.8 Å². The zero-order valence-electron chi connectivity index (χ0n) is 6.72. The lowest BCUT2D eigenvalue weighted by Gasteiger charge is -2.11. The van der Waals surface area contributed by atoms with E-state index in [1.54, 1.807) is 0 Å². The molecule has 13 heavy (non-hydrogen) atoms. The van der Waals surface area contributed by atoms with E-state index < -0.39 is 6.36 Å². The van der Waals surface area contributed by atoms with Gasteiger partial charge in [-0.1, -0.05) is 0 Å². The zero-order valence-corrected chi connectivity index (χ0v) is 6.72. The molecule has 0 radical (unpaired) electrons. The highest BCUT2D eigenvalue weighted by Gasteiger charge is 2.31. The number of nitrogens with two attached hydrogens (primary N) is 1. The van der Waals surface area contributed by atoms with E-state index in [9.17, 15) is 13.2 Å². The van der Waals surface area contributed by atoms with Crippen LogP contribution in [0.1, 0.15) is 5.56 Å². The maximum Gasteiger partial charge on any atom is 0.573 e. The monoisotopic (exact) mass is 192 g/mol. The van der Waals surface area contributed by atoms with Crippen molar-refractivity contribution in [1.29, 1.82) is 0 Å². The summed E-state index contributed by atoms with van der Waals surface area (Å²) < 4.78 is 39.0. The van der Waals surface area contributed by atoms with Crippen molar-refractivity contribution in [1.82, 2.24) is 4.98 Å². The van der Waals surface area contributed by atoms with Gasteiger partial charge in [-0.2, -0.15) is 0 Å². The van der Waals surface area contributed by atoms with Gasteiger partial charge in [0, 0.05) is 11.8 Å². The van der Waals surface area contributed by atoms with E-state index in [-0.39, 0.29) is 17.1 Å². The molecule has 72 valence electrons. The first-order chi connectivity index (χ1) is 5.90. The minimum atomic E-state index is -4.70. The number of ether oxygens (including phenoxy) is 1. The maximum atomic E-state index is 11.8. The molecule has 3 nitrogen and oxygen atoms in total. The highest BCUT2D eigenvalue weighted by atomic mass is 19.4. The van der Waals surface area contributed by atoms with E-state index in [0.717, 1.165) is 12.3 Å². The van der Waals surface area contributed by atoms with Crippen LogP contribution in [0.15, 0.2) is 12.3 Å². The van der Waals surface area contributed by atoms with Crippen LogP contribution in [0.3, 0.4) is 0 Å². The molecule has 1 aromatic rings. The molecule has 0 spiro atoms. The van der Waals surface area contributed by atoms with E-state index in [2.05, 4.69) is 9.72 Å². The fourth-order valence-electron chi connectivity index (χ4n) is 0.769. The quantitative estimate of drug-likeness (QED) is 0.738. The smallest absolute Gasteiger partial charge is 0.405 e. The van der Waals surface area contributed by atoms with Gasteiger partial charge in [0.1, 0.15) is 11.6 Å². The Morgan fingerprint density at radius 3 is 2.62 bits per heavy atom. The Morgan fingerprint density at radius 2 is 2.08 bits per heavy atom. The Hall–Kier alpha value is -1.46. The van der Waals surface area contributed by atoms with E-state index in [1.807, 2.05) is 0 Å². The molecule has 0 amide bonds. The number of nitrogen functional groups attached to an aromatic ring is 1. The van der Waals surface area contributed by atoms with Gasteiger partial charge in [0.05, 0.1) is 0 Å². The summed E-state index contributed by atoms with van der Waals surface area (Å²) in [4.78, 5) is 3.60. The van der Waals surface area contributed by atoms with Crippen molar-refractivity contribution in [3.8, 4) is 5.75 Å². The van der Waals surface area contributed by atoms with Crippen molar-refractivity contribution in [2.24, 2.45) is 0 Å². The molecule has 0 aromatic carbocycles. The molecule has 0 fully saturated rings. The van der Waals surface area contributed by atoms with Crippen LogP contribution in [0, 0.1) is 6.92 Å². The molecule has 0 aliphatic heterocycles. The average molecular weight is 192 g/mol. The van der Waals surface area contributed by atoms with Crippen molar-refractivity contribution in [3.63, 3.8) is 0 Å². The number of aromatic nitrogens is 1. The first kappa shape index (κ1) is 9.63. The van der Waals surface area contributed by atoms with Crippen LogP contribution in [0.25, 0.3) is 0 Å². The predicted octanol–water partition coefficient (Wildman–Crippen LogP) is 1.87. The summed E-state index contributed by atoms with van der Waals surface area (Å²) in [5, 5.41) is 0. The molecule has 1 heterocycles. The third-order valence-electron chi connectivity index (χ3n) is 1.42. The second-order valence-electron chi connectivity index (χ2n) is 2.37. The van der Waals surface area contributed by atoms with Gasteiger partial charge in [0.25, 0.3) is 0 Å². The van der Waals surface area contributed by atoms with Crippen LogP contribution in [-0.4, -0.2) is 11.3 Å². The summed E-state index contributed by atoms with van der Waals surface area (Å²) in [5.41, 5.74) is 5.46. The molecule has 1 rings (SSSR count). The number of nitrogens with zero attached hydrogens (tertiary/aromatic N) is 1. The lowest BCUT2D eigenvalue weighted by Crippen LogP contribution is -2.18. The van der Waals surface area contributed by atoms with Crippen molar-refractivity contribution >= 4 is 5.82 Å². The van der Waals surface area contributed by atoms with E-state index in [4.69, 9.17) is 5.73 Å². The van der Waals surface area contributed by atoms with Gasteiger partial charge in [0.15, 0.2) is 0 Å². The zero-order chi connectivity index (χ0) is 10.1. The second-order valence-corrected chi connectivity index (χ2v) is 2.37. The molecule has 1 aromatic heterocycles. The number of rotatable bonds is 1. The number of halogens is 3. The summed E-state index contributed by atoms with van der Waals surface area (Å²) in [6, 6.07) is 1.11. The van der Waals surface area contributed by atoms with Crippen LogP contribution in [0.4, 0.5) is 19.0 Å². The topological polar surface area (TPSA) is 48.1 Å². The molecule has 0 aliphatic carbocycles. The SMILES string of the molecule is Cc1c(OC(F)(F)F)ccnc1N. The van der Waals surface area contributed by atoms with Gasteiger partial charge >= 0.3 is 6.36 Å². The van der Waals surface area contributed by atoms with Crippen molar-refractivity contribution in [2.75, 3.05) is 5.73 Å². The highest BCUT2D eigenvalue weighted by molar-refractivity contribution is 5.46. The normalized spacial score (nSPS) is 11.4. The van der Waals surface area contributed by atoms with Gasteiger partial charge in [-0.05, 0) is 13.0 Å². The summed E-state index contributed by atoms with van der Waals surface area (Å²) in [7, 11) is 0. The highest BCUT2D eigenvalue weighted by Crippen LogP contribution is 2.27. The van der Waals surface area contributed by atoms with Crippen molar-refractivity contribution in [2.45, 2.75) is 13.3 Å². The molecule has 0 bridgehead atoms. The summed E-state index contributed by atoms with van der Waals surface area (Å²) in [6.45, 7) is 1.41. The Bertz CT molecular complexity index is 311. The summed E-state index contributed by atoms with van der Waals surface area (Å²) in [5.74, 6) is -0.290. The molecule has 0 saturated heterocycles. The predicted molar refractivity (Wildman–Crippen MR) is 40.1 cm³/mol. The Kier molecular flexibility index (Phi) is 2.31. The second kappa shape index (κ2) is 3.12. The molecule has 0 saturated carbocycles. The lowest BCUT2D eigenvalue weighted by molar-refractivity contribution is -0.274. The number of anilines is 1.